The third kappa shape index (κ3) is 1.93. The quantitative estimate of drug-likeness (QED) is 0.811. The predicted octanol–water partition coefficient (Wildman–Crippen LogP) is 2.71. The zero-order valence-electron chi connectivity index (χ0n) is 10.3. The number of imidazole rings is 1. The summed E-state index contributed by atoms with van der Waals surface area (Å²) in [5.41, 5.74) is 3.80. The van der Waals surface area contributed by atoms with Crippen LogP contribution in [0.2, 0.25) is 0 Å². The fourth-order valence-electron chi connectivity index (χ4n) is 2.41. The van der Waals surface area contributed by atoms with Crippen LogP contribution in [0.3, 0.4) is 0 Å². The Balaban J connectivity index is 1.86. The molecule has 1 N–H and O–H groups in total. The molecule has 0 radical (unpaired) electrons. The van der Waals surface area contributed by atoms with Crippen molar-refractivity contribution in [1.29, 1.82) is 0 Å². The molecule has 0 saturated heterocycles. The highest BCUT2D eigenvalue weighted by Crippen LogP contribution is 2.25. The summed E-state index contributed by atoms with van der Waals surface area (Å²) in [6, 6.07) is 8.83. The van der Waals surface area contributed by atoms with Crippen LogP contribution < -0.4 is 5.32 Å². The first kappa shape index (κ1) is 10.4. The monoisotopic (exact) mass is 227 g/mol. The van der Waals surface area contributed by atoms with Gasteiger partial charge in [-0.3, -0.25) is 0 Å². The number of aryl methyl sites for hydroxylation is 2. The van der Waals surface area contributed by atoms with Gasteiger partial charge >= 0.3 is 0 Å². The number of nitrogens with one attached hydrogen (secondary N) is 1. The molecule has 1 aromatic carbocycles. The summed E-state index contributed by atoms with van der Waals surface area (Å²) in [4.78, 5) is 4.45. The Hall–Kier alpha value is -1.77. The zero-order valence-corrected chi connectivity index (χ0v) is 10.3. The molecule has 17 heavy (non-hydrogen) atoms. The summed E-state index contributed by atoms with van der Waals surface area (Å²) in [5, 5.41) is 3.40. The molecule has 0 aliphatic carbocycles. The van der Waals surface area contributed by atoms with Crippen molar-refractivity contribution in [2.24, 2.45) is 0 Å². The van der Waals surface area contributed by atoms with Crippen LogP contribution in [0, 0.1) is 13.8 Å². The van der Waals surface area contributed by atoms with Gasteiger partial charge in [0.25, 0.3) is 0 Å². The maximum Gasteiger partial charge on any atom is 0.203 e. The number of anilines is 1. The van der Waals surface area contributed by atoms with E-state index in [1.165, 1.54) is 11.1 Å². The van der Waals surface area contributed by atoms with Crippen molar-refractivity contribution < 1.29 is 0 Å². The molecular formula is C14H17N3. The molecule has 3 nitrogen and oxygen atoms in total. The molecule has 1 unspecified atom stereocenters. The first-order valence-electron chi connectivity index (χ1n) is 6.06. The SMILES string of the molecule is Cc1ccc(C2CNc3nc(C)cn3C2)cc1. The lowest BCUT2D eigenvalue weighted by atomic mass is 9.97. The van der Waals surface area contributed by atoms with Gasteiger partial charge in [-0.1, -0.05) is 29.8 Å². The second-order valence-corrected chi connectivity index (χ2v) is 4.85. The number of aromatic nitrogens is 2. The molecule has 0 bridgehead atoms. The molecule has 2 heterocycles. The number of nitrogens with zero attached hydrogens (tertiary/aromatic N) is 2. The standard InChI is InChI=1S/C14H17N3/c1-10-3-5-12(6-4-10)13-7-15-14-16-11(2)8-17(14)9-13/h3-6,8,13H,7,9H2,1-2H3,(H,15,16). The van der Waals surface area contributed by atoms with Crippen LogP contribution in [0.1, 0.15) is 22.7 Å². The fourth-order valence-corrected chi connectivity index (χ4v) is 2.41. The van der Waals surface area contributed by atoms with E-state index in [2.05, 4.69) is 52.3 Å². The van der Waals surface area contributed by atoms with E-state index in [-0.39, 0.29) is 0 Å². The van der Waals surface area contributed by atoms with E-state index >= 15 is 0 Å². The molecule has 2 aromatic rings. The number of hydrogen-bond acceptors (Lipinski definition) is 2. The molecule has 1 aromatic heterocycles. The molecule has 0 spiro atoms. The van der Waals surface area contributed by atoms with Crippen molar-refractivity contribution in [3.8, 4) is 0 Å². The normalized spacial score (nSPS) is 18.6. The van der Waals surface area contributed by atoms with Gasteiger partial charge in [-0.2, -0.15) is 0 Å². The largest absolute Gasteiger partial charge is 0.355 e. The average molecular weight is 227 g/mol. The van der Waals surface area contributed by atoms with Crippen LogP contribution in [-0.4, -0.2) is 16.1 Å². The first-order valence-corrected chi connectivity index (χ1v) is 6.06. The Bertz CT molecular complexity index is 525. The van der Waals surface area contributed by atoms with E-state index in [0.29, 0.717) is 5.92 Å². The third-order valence-corrected chi connectivity index (χ3v) is 3.37. The Morgan fingerprint density at radius 2 is 2.00 bits per heavy atom. The number of fused-ring (bicyclic) bond motifs is 1. The second kappa shape index (κ2) is 3.91. The summed E-state index contributed by atoms with van der Waals surface area (Å²) >= 11 is 0. The first-order chi connectivity index (χ1) is 8.22. The summed E-state index contributed by atoms with van der Waals surface area (Å²) in [6.45, 7) is 6.15. The Kier molecular flexibility index (Phi) is 2.39. The van der Waals surface area contributed by atoms with Gasteiger partial charge in [0, 0.05) is 25.2 Å². The highest BCUT2D eigenvalue weighted by molar-refractivity contribution is 5.35. The van der Waals surface area contributed by atoms with E-state index in [4.69, 9.17) is 0 Å². The van der Waals surface area contributed by atoms with Crippen molar-refractivity contribution >= 4 is 5.95 Å². The van der Waals surface area contributed by atoms with Gasteiger partial charge in [0.15, 0.2) is 0 Å². The topological polar surface area (TPSA) is 29.9 Å². The van der Waals surface area contributed by atoms with Gasteiger partial charge in [0.05, 0.1) is 5.69 Å². The summed E-state index contributed by atoms with van der Waals surface area (Å²) in [7, 11) is 0. The molecular weight excluding hydrogens is 210 g/mol. The van der Waals surface area contributed by atoms with E-state index in [9.17, 15) is 0 Å². The predicted molar refractivity (Wildman–Crippen MR) is 69.4 cm³/mol. The molecule has 3 rings (SSSR count). The van der Waals surface area contributed by atoms with Gasteiger partial charge in [0.1, 0.15) is 0 Å². The average Bonchev–Trinajstić information content (AvgIpc) is 2.69. The molecule has 0 saturated carbocycles. The number of benzene rings is 1. The molecule has 3 heteroatoms. The Morgan fingerprint density at radius 3 is 2.76 bits per heavy atom. The van der Waals surface area contributed by atoms with E-state index in [1.54, 1.807) is 0 Å². The molecule has 0 amide bonds. The maximum atomic E-state index is 4.45. The van der Waals surface area contributed by atoms with Crippen molar-refractivity contribution in [2.75, 3.05) is 11.9 Å². The number of hydrogen-bond donors (Lipinski definition) is 1. The molecule has 1 aliphatic rings. The van der Waals surface area contributed by atoms with Crippen molar-refractivity contribution in [2.45, 2.75) is 26.3 Å². The lowest BCUT2D eigenvalue weighted by Crippen LogP contribution is -2.25. The smallest absolute Gasteiger partial charge is 0.203 e. The maximum absolute atomic E-state index is 4.45. The minimum atomic E-state index is 0.539. The lowest BCUT2D eigenvalue weighted by molar-refractivity contribution is 0.548. The minimum absolute atomic E-state index is 0.539. The van der Waals surface area contributed by atoms with Gasteiger partial charge in [-0.25, -0.2) is 4.98 Å². The molecule has 1 aliphatic heterocycles. The molecule has 0 fully saturated rings. The van der Waals surface area contributed by atoms with Crippen LogP contribution in [0.15, 0.2) is 30.5 Å². The molecule has 88 valence electrons. The fraction of sp³-hybridized carbons (Fsp3) is 0.357. The van der Waals surface area contributed by atoms with Crippen LogP contribution in [-0.2, 0) is 6.54 Å². The lowest BCUT2D eigenvalue weighted by Gasteiger charge is -2.25. The summed E-state index contributed by atoms with van der Waals surface area (Å²) in [5.74, 6) is 1.54. The van der Waals surface area contributed by atoms with Crippen LogP contribution in [0.5, 0.6) is 0 Å². The Morgan fingerprint density at radius 1 is 1.24 bits per heavy atom. The van der Waals surface area contributed by atoms with E-state index in [0.717, 1.165) is 24.7 Å². The van der Waals surface area contributed by atoms with Gasteiger partial charge < -0.3 is 9.88 Å². The van der Waals surface area contributed by atoms with Gasteiger partial charge in [-0.15, -0.1) is 0 Å². The van der Waals surface area contributed by atoms with Crippen LogP contribution >= 0.6 is 0 Å². The molecule has 1 atom stereocenters. The highest BCUT2D eigenvalue weighted by Gasteiger charge is 2.20. The van der Waals surface area contributed by atoms with Crippen molar-refractivity contribution in [3.63, 3.8) is 0 Å². The van der Waals surface area contributed by atoms with Crippen LogP contribution in [0.4, 0.5) is 5.95 Å². The third-order valence-electron chi connectivity index (χ3n) is 3.37. The summed E-state index contributed by atoms with van der Waals surface area (Å²) in [6.07, 6.45) is 2.11. The summed E-state index contributed by atoms with van der Waals surface area (Å²) < 4.78 is 2.21. The second-order valence-electron chi connectivity index (χ2n) is 4.85. The highest BCUT2D eigenvalue weighted by atomic mass is 15.2. The number of rotatable bonds is 1. The van der Waals surface area contributed by atoms with Gasteiger partial charge in [-0.05, 0) is 19.4 Å². The van der Waals surface area contributed by atoms with Crippen molar-refractivity contribution in [1.82, 2.24) is 9.55 Å². The van der Waals surface area contributed by atoms with Gasteiger partial charge in [0.2, 0.25) is 5.95 Å². The minimum Gasteiger partial charge on any atom is -0.355 e. The van der Waals surface area contributed by atoms with Crippen molar-refractivity contribution in [3.05, 3.63) is 47.3 Å². The zero-order chi connectivity index (χ0) is 11.8. The Labute approximate surface area is 101 Å². The van der Waals surface area contributed by atoms with Crippen LogP contribution in [0.25, 0.3) is 0 Å². The van der Waals surface area contributed by atoms with E-state index in [1.807, 2.05) is 6.92 Å². The van der Waals surface area contributed by atoms with E-state index < -0.39 is 0 Å².